The van der Waals surface area contributed by atoms with Crippen molar-refractivity contribution < 1.29 is 9.90 Å². The molecule has 0 aliphatic heterocycles. The monoisotopic (exact) mass is 268 g/mol. The molecule has 1 unspecified atom stereocenters. The van der Waals surface area contributed by atoms with Crippen LogP contribution in [0.25, 0.3) is 0 Å². The number of nitrogens with zero attached hydrogens (tertiary/aromatic N) is 3. The van der Waals surface area contributed by atoms with Gasteiger partial charge < -0.3 is 15.3 Å². The lowest BCUT2D eigenvalue weighted by Crippen LogP contribution is -2.43. The molecule has 0 aliphatic carbocycles. The fraction of sp³-hybridized carbons (Fsp3) is 0.692. The van der Waals surface area contributed by atoms with Crippen LogP contribution in [0.5, 0.6) is 0 Å². The van der Waals surface area contributed by atoms with Gasteiger partial charge in [0.05, 0.1) is 18.0 Å². The molecular weight excluding hydrogens is 244 g/mol. The molecule has 0 saturated heterocycles. The van der Waals surface area contributed by atoms with Crippen LogP contribution in [0, 0.1) is 0 Å². The SMILES string of the molecule is CCCn1cc(NC(=O)N(CC(C)O)C(C)C)cn1. The van der Waals surface area contributed by atoms with E-state index in [1.54, 1.807) is 22.7 Å². The number of urea groups is 1. The van der Waals surface area contributed by atoms with Gasteiger partial charge >= 0.3 is 6.03 Å². The predicted molar refractivity (Wildman–Crippen MR) is 75.1 cm³/mol. The zero-order valence-corrected chi connectivity index (χ0v) is 12.1. The number of aryl methyl sites for hydroxylation is 1. The molecule has 1 aromatic heterocycles. The third-order valence-corrected chi connectivity index (χ3v) is 2.68. The van der Waals surface area contributed by atoms with Crippen LogP contribution in [-0.2, 0) is 6.54 Å². The van der Waals surface area contributed by atoms with Crippen molar-refractivity contribution in [3.05, 3.63) is 12.4 Å². The number of amides is 2. The number of rotatable bonds is 6. The average molecular weight is 268 g/mol. The van der Waals surface area contributed by atoms with E-state index in [1.165, 1.54) is 0 Å². The Morgan fingerprint density at radius 3 is 2.74 bits per heavy atom. The van der Waals surface area contributed by atoms with Crippen LogP contribution in [0.2, 0.25) is 0 Å². The summed E-state index contributed by atoms with van der Waals surface area (Å²) >= 11 is 0. The maximum Gasteiger partial charge on any atom is 0.322 e. The van der Waals surface area contributed by atoms with Gasteiger partial charge in [0.1, 0.15) is 0 Å². The molecule has 0 radical (unpaired) electrons. The number of nitrogens with one attached hydrogen (secondary N) is 1. The molecule has 0 bridgehead atoms. The summed E-state index contributed by atoms with van der Waals surface area (Å²) < 4.78 is 1.80. The molecule has 1 rings (SSSR count). The topological polar surface area (TPSA) is 70.4 Å². The van der Waals surface area contributed by atoms with Crippen molar-refractivity contribution in [3.63, 3.8) is 0 Å². The van der Waals surface area contributed by atoms with E-state index in [2.05, 4.69) is 17.3 Å². The van der Waals surface area contributed by atoms with Crippen molar-refractivity contribution in [2.75, 3.05) is 11.9 Å². The van der Waals surface area contributed by atoms with E-state index < -0.39 is 6.10 Å². The van der Waals surface area contributed by atoms with Gasteiger partial charge in [-0.2, -0.15) is 5.10 Å². The van der Waals surface area contributed by atoms with Crippen LogP contribution in [0.4, 0.5) is 10.5 Å². The lowest BCUT2D eigenvalue weighted by atomic mass is 10.3. The maximum atomic E-state index is 12.1. The van der Waals surface area contributed by atoms with Gasteiger partial charge in [0, 0.05) is 25.3 Å². The van der Waals surface area contributed by atoms with Crippen molar-refractivity contribution in [2.24, 2.45) is 0 Å². The molecular formula is C13H24N4O2. The molecule has 0 fully saturated rings. The molecule has 19 heavy (non-hydrogen) atoms. The summed E-state index contributed by atoms with van der Waals surface area (Å²) in [5.74, 6) is 0. The lowest BCUT2D eigenvalue weighted by Gasteiger charge is -2.27. The predicted octanol–water partition coefficient (Wildman–Crippen LogP) is 1.92. The number of hydrogen-bond donors (Lipinski definition) is 2. The van der Waals surface area contributed by atoms with Crippen LogP contribution >= 0.6 is 0 Å². The maximum absolute atomic E-state index is 12.1. The zero-order valence-electron chi connectivity index (χ0n) is 12.1. The molecule has 0 saturated carbocycles. The molecule has 0 aromatic carbocycles. The summed E-state index contributed by atoms with van der Waals surface area (Å²) in [7, 11) is 0. The number of carbonyl (C=O) groups is 1. The number of aliphatic hydroxyl groups is 1. The van der Waals surface area contributed by atoms with Crippen LogP contribution < -0.4 is 5.32 Å². The largest absolute Gasteiger partial charge is 0.392 e. The Kier molecular flexibility index (Phi) is 5.82. The number of hydrogen-bond acceptors (Lipinski definition) is 3. The Balaban J connectivity index is 2.64. The molecule has 2 N–H and O–H groups in total. The summed E-state index contributed by atoms with van der Waals surface area (Å²) in [5, 5.41) is 16.4. The summed E-state index contributed by atoms with van der Waals surface area (Å²) in [6.45, 7) is 8.72. The van der Waals surface area contributed by atoms with E-state index in [0.717, 1.165) is 13.0 Å². The molecule has 1 heterocycles. The van der Waals surface area contributed by atoms with Gasteiger partial charge in [0.15, 0.2) is 0 Å². The molecule has 6 nitrogen and oxygen atoms in total. The summed E-state index contributed by atoms with van der Waals surface area (Å²) in [4.78, 5) is 13.7. The van der Waals surface area contributed by atoms with Crippen molar-refractivity contribution in [1.82, 2.24) is 14.7 Å². The van der Waals surface area contributed by atoms with Gasteiger partial charge in [-0.3, -0.25) is 4.68 Å². The Morgan fingerprint density at radius 1 is 1.53 bits per heavy atom. The first-order valence-electron chi connectivity index (χ1n) is 6.72. The highest BCUT2D eigenvalue weighted by Crippen LogP contribution is 2.09. The molecule has 1 aromatic rings. The van der Waals surface area contributed by atoms with Gasteiger partial charge in [0.2, 0.25) is 0 Å². The average Bonchev–Trinajstić information content (AvgIpc) is 2.73. The van der Waals surface area contributed by atoms with Crippen LogP contribution in [-0.4, -0.2) is 44.5 Å². The molecule has 0 spiro atoms. The van der Waals surface area contributed by atoms with Crippen molar-refractivity contribution in [2.45, 2.75) is 52.8 Å². The third-order valence-electron chi connectivity index (χ3n) is 2.68. The van der Waals surface area contributed by atoms with E-state index in [1.807, 2.05) is 20.0 Å². The fourth-order valence-electron chi connectivity index (χ4n) is 1.79. The van der Waals surface area contributed by atoms with Crippen LogP contribution in [0.15, 0.2) is 12.4 Å². The fourth-order valence-corrected chi connectivity index (χ4v) is 1.79. The van der Waals surface area contributed by atoms with E-state index >= 15 is 0 Å². The standard InChI is InChI=1S/C13H24N4O2/c1-5-6-16-9-12(7-14-16)15-13(19)17(10(2)3)8-11(4)18/h7,9-11,18H,5-6,8H2,1-4H3,(H,15,19). The second kappa shape index (κ2) is 7.13. The number of carbonyl (C=O) groups excluding carboxylic acids is 1. The van der Waals surface area contributed by atoms with Gasteiger partial charge in [-0.1, -0.05) is 6.92 Å². The second-order valence-corrected chi connectivity index (χ2v) is 5.02. The van der Waals surface area contributed by atoms with Crippen LogP contribution in [0.1, 0.15) is 34.1 Å². The molecule has 1 atom stereocenters. The highest BCUT2D eigenvalue weighted by atomic mass is 16.3. The first-order valence-corrected chi connectivity index (χ1v) is 6.72. The Hall–Kier alpha value is -1.56. The Morgan fingerprint density at radius 2 is 2.21 bits per heavy atom. The molecule has 0 aliphatic rings. The summed E-state index contributed by atoms with van der Waals surface area (Å²) in [6, 6.07) is -0.188. The van der Waals surface area contributed by atoms with Gasteiger partial charge in [-0.05, 0) is 27.2 Å². The molecule has 108 valence electrons. The van der Waals surface area contributed by atoms with E-state index in [-0.39, 0.29) is 12.1 Å². The minimum Gasteiger partial charge on any atom is -0.392 e. The van der Waals surface area contributed by atoms with Crippen molar-refractivity contribution in [1.29, 1.82) is 0 Å². The van der Waals surface area contributed by atoms with Gasteiger partial charge in [0.25, 0.3) is 0 Å². The lowest BCUT2D eigenvalue weighted by molar-refractivity contribution is 0.125. The number of aliphatic hydroxyl groups excluding tert-OH is 1. The van der Waals surface area contributed by atoms with Crippen molar-refractivity contribution >= 4 is 11.7 Å². The first-order chi connectivity index (χ1) is 8.93. The summed E-state index contributed by atoms with van der Waals surface area (Å²) in [5.41, 5.74) is 0.676. The highest BCUT2D eigenvalue weighted by Gasteiger charge is 2.19. The van der Waals surface area contributed by atoms with E-state index in [0.29, 0.717) is 12.2 Å². The Bertz CT molecular complexity index is 401. The second-order valence-electron chi connectivity index (χ2n) is 5.02. The minimum atomic E-state index is -0.545. The number of aromatic nitrogens is 2. The third kappa shape index (κ3) is 4.90. The molecule has 6 heteroatoms. The smallest absolute Gasteiger partial charge is 0.322 e. The summed E-state index contributed by atoms with van der Waals surface area (Å²) in [6.07, 6.45) is 3.89. The van der Waals surface area contributed by atoms with Gasteiger partial charge in [-0.25, -0.2) is 4.79 Å². The quantitative estimate of drug-likeness (QED) is 0.828. The highest BCUT2D eigenvalue weighted by molar-refractivity contribution is 5.89. The normalized spacial score (nSPS) is 12.5. The van der Waals surface area contributed by atoms with Gasteiger partial charge in [-0.15, -0.1) is 0 Å². The van der Waals surface area contributed by atoms with Crippen molar-refractivity contribution in [3.8, 4) is 0 Å². The van der Waals surface area contributed by atoms with E-state index in [9.17, 15) is 9.90 Å². The zero-order chi connectivity index (χ0) is 14.4. The minimum absolute atomic E-state index is 0.0280. The number of anilines is 1. The van der Waals surface area contributed by atoms with E-state index in [4.69, 9.17) is 0 Å². The molecule has 2 amide bonds. The first kappa shape index (κ1) is 15.5. The Labute approximate surface area is 114 Å². The van der Waals surface area contributed by atoms with Crippen LogP contribution in [0.3, 0.4) is 0 Å².